The number of nitrogens with zero attached hydrogens (tertiary/aromatic N) is 2. The maximum absolute atomic E-state index is 12.3. The molecule has 1 aromatic rings. The second-order valence-corrected chi connectivity index (χ2v) is 8.61. The van der Waals surface area contributed by atoms with E-state index < -0.39 is 10.0 Å². The van der Waals surface area contributed by atoms with Gasteiger partial charge in [0.2, 0.25) is 10.0 Å². The Bertz CT molecular complexity index is 689. The van der Waals surface area contributed by atoms with Gasteiger partial charge in [-0.3, -0.25) is 4.99 Å². The fourth-order valence-corrected chi connectivity index (χ4v) is 4.06. The summed E-state index contributed by atoms with van der Waals surface area (Å²) in [6.45, 7) is 7.06. The molecule has 1 atom stereocenters. The molecule has 1 saturated heterocycles. The lowest BCUT2D eigenvalue weighted by Gasteiger charge is -2.26. The minimum absolute atomic E-state index is 0. The summed E-state index contributed by atoms with van der Waals surface area (Å²) < 4.78 is 31.3. The summed E-state index contributed by atoms with van der Waals surface area (Å²) in [4.78, 5) is 4.17. The lowest BCUT2D eigenvalue weighted by molar-refractivity contribution is 0.0730. The van der Waals surface area contributed by atoms with Crippen LogP contribution in [0.2, 0.25) is 0 Å². The lowest BCUT2D eigenvalue weighted by atomic mass is 10.0. The Morgan fingerprint density at radius 1 is 1.22 bits per heavy atom. The molecule has 154 valence electrons. The number of aryl methyl sites for hydroxylation is 1. The van der Waals surface area contributed by atoms with Crippen molar-refractivity contribution in [2.45, 2.75) is 19.8 Å². The molecule has 1 fully saturated rings. The predicted molar refractivity (Wildman–Crippen MR) is 121 cm³/mol. The van der Waals surface area contributed by atoms with Crippen molar-refractivity contribution in [3.8, 4) is 0 Å². The monoisotopic (exact) mass is 510 g/mol. The normalized spacial score (nSPS) is 17.1. The Balaban J connectivity index is 0.00000364. The first-order valence-corrected chi connectivity index (χ1v) is 10.6. The van der Waals surface area contributed by atoms with E-state index in [0.717, 1.165) is 6.54 Å². The number of aliphatic imine (C=N–C) groups is 1. The maximum atomic E-state index is 12.3. The lowest BCUT2D eigenvalue weighted by Crippen LogP contribution is -2.45. The summed E-state index contributed by atoms with van der Waals surface area (Å²) in [5.41, 5.74) is 2.50. The van der Waals surface area contributed by atoms with Crippen LogP contribution in [-0.4, -0.2) is 70.9 Å². The van der Waals surface area contributed by atoms with Gasteiger partial charge in [0.25, 0.3) is 0 Å². The number of ether oxygens (including phenoxy) is 1. The molecule has 0 amide bonds. The van der Waals surface area contributed by atoms with E-state index >= 15 is 0 Å². The first-order chi connectivity index (χ1) is 12.4. The summed E-state index contributed by atoms with van der Waals surface area (Å²) in [5.74, 6) is 0.980. The SMILES string of the molecule is CN=C(NCCS(=O)(=O)N1CCOCC1)NCC(C)c1ccc(C)cc1.I. The van der Waals surface area contributed by atoms with Crippen LogP contribution in [0.5, 0.6) is 0 Å². The molecule has 0 bridgehead atoms. The summed E-state index contributed by atoms with van der Waals surface area (Å²) in [6.07, 6.45) is 0. The number of benzene rings is 1. The first-order valence-electron chi connectivity index (χ1n) is 8.99. The van der Waals surface area contributed by atoms with Gasteiger partial charge in [0.05, 0.1) is 19.0 Å². The highest BCUT2D eigenvalue weighted by molar-refractivity contribution is 14.0. The van der Waals surface area contributed by atoms with E-state index in [-0.39, 0.29) is 29.7 Å². The molecule has 2 rings (SSSR count). The summed E-state index contributed by atoms with van der Waals surface area (Å²) >= 11 is 0. The average molecular weight is 510 g/mol. The van der Waals surface area contributed by atoms with Gasteiger partial charge < -0.3 is 15.4 Å². The van der Waals surface area contributed by atoms with Crippen molar-refractivity contribution in [2.24, 2.45) is 4.99 Å². The van der Waals surface area contributed by atoms with Gasteiger partial charge in [-0.1, -0.05) is 36.8 Å². The van der Waals surface area contributed by atoms with Crippen LogP contribution in [0, 0.1) is 6.92 Å². The summed E-state index contributed by atoms with van der Waals surface area (Å²) in [7, 11) is -1.57. The Labute approximate surface area is 180 Å². The molecule has 27 heavy (non-hydrogen) atoms. The van der Waals surface area contributed by atoms with E-state index in [4.69, 9.17) is 4.74 Å². The van der Waals surface area contributed by atoms with Gasteiger partial charge in [-0.15, -0.1) is 24.0 Å². The molecule has 0 spiro atoms. The largest absolute Gasteiger partial charge is 0.379 e. The van der Waals surface area contributed by atoms with E-state index in [1.807, 2.05) is 0 Å². The number of guanidine groups is 1. The Morgan fingerprint density at radius 3 is 2.44 bits per heavy atom. The number of morpholine rings is 1. The zero-order valence-electron chi connectivity index (χ0n) is 16.3. The van der Waals surface area contributed by atoms with Gasteiger partial charge in [0.15, 0.2) is 5.96 Å². The fourth-order valence-electron chi connectivity index (χ4n) is 2.74. The number of halogens is 1. The highest BCUT2D eigenvalue weighted by Gasteiger charge is 2.23. The van der Waals surface area contributed by atoms with Gasteiger partial charge in [-0.25, -0.2) is 8.42 Å². The Morgan fingerprint density at radius 2 is 1.85 bits per heavy atom. The number of rotatable bonds is 7. The third kappa shape index (κ3) is 7.92. The number of hydrogen-bond donors (Lipinski definition) is 2. The molecule has 0 radical (unpaired) electrons. The van der Waals surface area contributed by atoms with Crippen molar-refractivity contribution >= 4 is 40.0 Å². The summed E-state index contributed by atoms with van der Waals surface area (Å²) in [5, 5.41) is 6.34. The van der Waals surface area contributed by atoms with Gasteiger partial charge in [0, 0.05) is 33.2 Å². The van der Waals surface area contributed by atoms with E-state index in [0.29, 0.717) is 44.7 Å². The van der Waals surface area contributed by atoms with E-state index in [9.17, 15) is 8.42 Å². The topological polar surface area (TPSA) is 83.0 Å². The molecule has 7 nitrogen and oxygen atoms in total. The molecule has 2 N–H and O–H groups in total. The predicted octanol–water partition coefficient (Wildman–Crippen LogP) is 1.54. The molecule has 1 aliphatic heterocycles. The second-order valence-electron chi connectivity index (χ2n) is 6.52. The minimum atomic E-state index is -3.26. The van der Waals surface area contributed by atoms with Crippen molar-refractivity contribution in [1.29, 1.82) is 0 Å². The maximum Gasteiger partial charge on any atom is 0.215 e. The zero-order chi connectivity index (χ0) is 19.0. The molecule has 1 heterocycles. The van der Waals surface area contributed by atoms with Gasteiger partial charge in [-0.2, -0.15) is 4.31 Å². The van der Waals surface area contributed by atoms with Crippen LogP contribution in [-0.2, 0) is 14.8 Å². The fraction of sp³-hybridized carbons (Fsp3) is 0.611. The van der Waals surface area contributed by atoms with Gasteiger partial charge >= 0.3 is 0 Å². The molecule has 1 unspecified atom stereocenters. The summed E-state index contributed by atoms with van der Waals surface area (Å²) in [6, 6.07) is 8.48. The first kappa shape index (κ1) is 24.1. The van der Waals surface area contributed by atoms with E-state index in [2.05, 4.69) is 53.7 Å². The molecule has 1 aromatic carbocycles. The van der Waals surface area contributed by atoms with Crippen LogP contribution >= 0.6 is 24.0 Å². The average Bonchev–Trinajstić information content (AvgIpc) is 2.65. The molecule has 0 aromatic heterocycles. The molecular formula is C18H31IN4O3S. The molecular weight excluding hydrogens is 479 g/mol. The van der Waals surface area contributed by atoms with Gasteiger partial charge in [-0.05, 0) is 18.4 Å². The molecule has 0 aliphatic carbocycles. The quantitative estimate of drug-likeness (QED) is 0.331. The van der Waals surface area contributed by atoms with Crippen LogP contribution in [0.25, 0.3) is 0 Å². The number of nitrogens with one attached hydrogen (secondary N) is 2. The van der Waals surface area contributed by atoms with E-state index in [1.54, 1.807) is 7.05 Å². The van der Waals surface area contributed by atoms with Crippen molar-refractivity contribution in [3.63, 3.8) is 0 Å². The van der Waals surface area contributed by atoms with Crippen molar-refractivity contribution in [2.75, 3.05) is 52.2 Å². The van der Waals surface area contributed by atoms with Crippen LogP contribution in [0.4, 0.5) is 0 Å². The van der Waals surface area contributed by atoms with Crippen molar-refractivity contribution in [1.82, 2.24) is 14.9 Å². The third-order valence-electron chi connectivity index (χ3n) is 4.46. The zero-order valence-corrected chi connectivity index (χ0v) is 19.4. The van der Waals surface area contributed by atoms with Gasteiger partial charge in [0.1, 0.15) is 0 Å². The number of hydrogen-bond acceptors (Lipinski definition) is 4. The standard InChI is InChI=1S/C18H30N4O3S.HI/c1-15-4-6-17(7-5-15)16(2)14-21-18(19-3)20-8-13-26(23,24)22-9-11-25-12-10-22;/h4-7,16H,8-14H2,1-3H3,(H2,19,20,21);1H. The van der Waals surface area contributed by atoms with Crippen molar-refractivity contribution < 1.29 is 13.2 Å². The molecule has 1 aliphatic rings. The minimum Gasteiger partial charge on any atom is -0.379 e. The second kappa shape index (κ2) is 11.8. The van der Waals surface area contributed by atoms with Crippen LogP contribution in [0.1, 0.15) is 24.0 Å². The third-order valence-corrected chi connectivity index (χ3v) is 6.33. The smallest absolute Gasteiger partial charge is 0.215 e. The van der Waals surface area contributed by atoms with E-state index in [1.165, 1.54) is 15.4 Å². The Hall–Kier alpha value is -0.910. The molecule has 9 heteroatoms. The van der Waals surface area contributed by atoms with Crippen molar-refractivity contribution in [3.05, 3.63) is 35.4 Å². The highest BCUT2D eigenvalue weighted by atomic mass is 127. The van der Waals surface area contributed by atoms with Crippen LogP contribution in [0.3, 0.4) is 0 Å². The highest BCUT2D eigenvalue weighted by Crippen LogP contribution is 2.14. The molecule has 0 saturated carbocycles. The van der Waals surface area contributed by atoms with Crippen LogP contribution < -0.4 is 10.6 Å². The van der Waals surface area contributed by atoms with Crippen LogP contribution in [0.15, 0.2) is 29.3 Å². The Kier molecular flexibility index (Phi) is 10.6. The number of sulfonamides is 1.